The van der Waals surface area contributed by atoms with Crippen molar-refractivity contribution in [3.05, 3.63) is 53.6 Å². The lowest BCUT2D eigenvalue weighted by atomic mass is 9.73. The predicted octanol–water partition coefficient (Wildman–Crippen LogP) is 3.35. The minimum Gasteiger partial charge on any atom is -0.463 e. The van der Waals surface area contributed by atoms with Crippen molar-refractivity contribution in [2.24, 2.45) is 5.41 Å². The number of carbonyl (C=O) groups excluding carboxylic acids is 1. The quantitative estimate of drug-likeness (QED) is 0.684. The first kappa shape index (κ1) is 15.5. The zero-order valence-electron chi connectivity index (χ0n) is 12.8. The van der Waals surface area contributed by atoms with Crippen molar-refractivity contribution in [3.8, 4) is 0 Å². The summed E-state index contributed by atoms with van der Waals surface area (Å²) in [5, 5.41) is 10.5. The van der Waals surface area contributed by atoms with E-state index < -0.39 is 17.5 Å². The number of rotatable bonds is 3. The Morgan fingerprint density at radius 1 is 1.38 bits per heavy atom. The largest absolute Gasteiger partial charge is 0.463 e. The van der Waals surface area contributed by atoms with Gasteiger partial charge in [0.15, 0.2) is 0 Å². The molecule has 0 aliphatic heterocycles. The molecule has 1 N–H and O–H groups in total. The van der Waals surface area contributed by atoms with Crippen LogP contribution in [0.4, 0.5) is 0 Å². The number of hydrogen-bond donors (Lipinski definition) is 1. The third-order valence-electron chi connectivity index (χ3n) is 3.73. The number of ether oxygens (including phenoxy) is 1. The molecule has 0 radical (unpaired) electrons. The van der Waals surface area contributed by atoms with E-state index in [9.17, 15) is 9.90 Å². The smallest absolute Gasteiger partial charge is 0.330 e. The van der Waals surface area contributed by atoms with Crippen molar-refractivity contribution in [2.45, 2.75) is 33.3 Å². The van der Waals surface area contributed by atoms with Gasteiger partial charge in [0.25, 0.3) is 0 Å². The highest BCUT2D eigenvalue weighted by Gasteiger charge is 2.34. The molecule has 0 aromatic heterocycles. The van der Waals surface area contributed by atoms with Crippen molar-refractivity contribution < 1.29 is 14.6 Å². The van der Waals surface area contributed by atoms with E-state index in [4.69, 9.17) is 4.74 Å². The fourth-order valence-electron chi connectivity index (χ4n) is 2.68. The summed E-state index contributed by atoms with van der Waals surface area (Å²) in [5.41, 5.74) is 2.54. The lowest BCUT2D eigenvalue weighted by molar-refractivity contribution is -0.137. The van der Waals surface area contributed by atoms with Gasteiger partial charge in [0.2, 0.25) is 0 Å². The average Bonchev–Trinajstić information content (AvgIpc) is 2.45. The summed E-state index contributed by atoms with van der Waals surface area (Å²) in [6.45, 7) is 6.05. The third kappa shape index (κ3) is 3.61. The van der Waals surface area contributed by atoms with Crippen LogP contribution in [0, 0.1) is 5.41 Å². The molecule has 21 heavy (non-hydrogen) atoms. The first-order chi connectivity index (χ1) is 9.94. The molecule has 1 aromatic carbocycles. The topological polar surface area (TPSA) is 46.5 Å². The molecule has 3 heteroatoms. The van der Waals surface area contributed by atoms with Crippen molar-refractivity contribution in [2.75, 3.05) is 6.61 Å². The SMILES string of the molecule is CCOC(=O)/C=C1/CC(c2ccccc2)=CC(C)(C)C1O. The van der Waals surface area contributed by atoms with Gasteiger partial charge in [-0.3, -0.25) is 0 Å². The van der Waals surface area contributed by atoms with E-state index >= 15 is 0 Å². The fraction of sp³-hybridized carbons (Fsp3) is 0.389. The molecule has 1 aromatic rings. The van der Waals surface area contributed by atoms with Crippen LogP contribution >= 0.6 is 0 Å². The standard InChI is InChI=1S/C18H22O3/c1-4-21-16(19)11-14-10-15(12-18(2,3)17(14)20)13-8-6-5-7-9-13/h5-9,11-12,17,20H,4,10H2,1-3H3/b14-11-. The second-order valence-corrected chi connectivity index (χ2v) is 5.91. The molecule has 0 saturated heterocycles. The molecule has 0 spiro atoms. The Hall–Kier alpha value is -1.87. The maximum absolute atomic E-state index is 11.7. The Bertz CT molecular complexity index is 567. The van der Waals surface area contributed by atoms with Crippen LogP contribution in [0.1, 0.15) is 32.8 Å². The molecule has 0 heterocycles. The molecular formula is C18H22O3. The summed E-state index contributed by atoms with van der Waals surface area (Å²) in [6, 6.07) is 10.0. The van der Waals surface area contributed by atoms with Gasteiger partial charge in [-0.15, -0.1) is 0 Å². The van der Waals surface area contributed by atoms with Gasteiger partial charge in [-0.1, -0.05) is 50.3 Å². The van der Waals surface area contributed by atoms with Gasteiger partial charge in [-0.25, -0.2) is 4.79 Å². The normalized spacial score (nSPS) is 22.8. The molecule has 0 fully saturated rings. The van der Waals surface area contributed by atoms with Crippen LogP contribution in [-0.4, -0.2) is 23.8 Å². The van der Waals surface area contributed by atoms with Crippen LogP contribution in [0.25, 0.3) is 5.57 Å². The van der Waals surface area contributed by atoms with Crippen LogP contribution in [-0.2, 0) is 9.53 Å². The number of esters is 1. The number of allylic oxidation sites excluding steroid dienone is 1. The second kappa shape index (κ2) is 6.27. The Morgan fingerprint density at radius 2 is 2.05 bits per heavy atom. The van der Waals surface area contributed by atoms with E-state index in [0.29, 0.717) is 18.6 Å². The molecule has 0 bridgehead atoms. The highest BCUT2D eigenvalue weighted by atomic mass is 16.5. The zero-order valence-corrected chi connectivity index (χ0v) is 12.8. The number of aliphatic hydroxyl groups is 1. The summed E-state index contributed by atoms with van der Waals surface area (Å²) in [6.07, 6.45) is 3.42. The lowest BCUT2D eigenvalue weighted by Crippen LogP contribution is -2.33. The molecule has 1 atom stereocenters. The first-order valence-corrected chi connectivity index (χ1v) is 7.26. The molecule has 1 aliphatic carbocycles. The number of aliphatic hydroxyl groups excluding tert-OH is 1. The zero-order chi connectivity index (χ0) is 15.5. The molecule has 1 unspecified atom stereocenters. The number of carbonyl (C=O) groups is 1. The van der Waals surface area contributed by atoms with Crippen molar-refractivity contribution >= 4 is 11.5 Å². The van der Waals surface area contributed by atoms with Crippen LogP contribution in [0.15, 0.2) is 48.1 Å². The van der Waals surface area contributed by atoms with Gasteiger partial charge in [0, 0.05) is 11.5 Å². The summed E-state index contributed by atoms with van der Waals surface area (Å²) in [5.74, 6) is -0.392. The number of benzene rings is 1. The second-order valence-electron chi connectivity index (χ2n) is 5.91. The Kier molecular flexibility index (Phi) is 4.63. The van der Waals surface area contributed by atoms with E-state index in [2.05, 4.69) is 6.08 Å². The predicted molar refractivity (Wildman–Crippen MR) is 83.5 cm³/mol. The first-order valence-electron chi connectivity index (χ1n) is 7.26. The van der Waals surface area contributed by atoms with Gasteiger partial charge >= 0.3 is 5.97 Å². The van der Waals surface area contributed by atoms with Crippen LogP contribution in [0.3, 0.4) is 0 Å². The fourth-order valence-corrected chi connectivity index (χ4v) is 2.68. The van der Waals surface area contributed by atoms with Crippen LogP contribution in [0.2, 0.25) is 0 Å². The van der Waals surface area contributed by atoms with Gasteiger partial charge in [-0.2, -0.15) is 0 Å². The monoisotopic (exact) mass is 286 g/mol. The summed E-state index contributed by atoms with van der Waals surface area (Å²) < 4.78 is 4.96. The van der Waals surface area contributed by atoms with E-state index in [0.717, 1.165) is 11.1 Å². The summed E-state index contributed by atoms with van der Waals surface area (Å²) in [7, 11) is 0. The Labute approximate surface area is 125 Å². The van der Waals surface area contributed by atoms with Crippen molar-refractivity contribution in [3.63, 3.8) is 0 Å². The molecule has 0 saturated carbocycles. The highest BCUT2D eigenvalue weighted by Crippen LogP contribution is 2.40. The van der Waals surface area contributed by atoms with Gasteiger partial charge in [0.05, 0.1) is 12.7 Å². The van der Waals surface area contributed by atoms with Gasteiger partial charge in [-0.05, 0) is 30.1 Å². The van der Waals surface area contributed by atoms with Crippen molar-refractivity contribution in [1.82, 2.24) is 0 Å². The van der Waals surface area contributed by atoms with Gasteiger partial charge in [0.1, 0.15) is 0 Å². The Balaban J connectivity index is 2.35. The molecular weight excluding hydrogens is 264 g/mol. The summed E-state index contributed by atoms with van der Waals surface area (Å²) in [4.78, 5) is 11.7. The van der Waals surface area contributed by atoms with Crippen molar-refractivity contribution in [1.29, 1.82) is 0 Å². The lowest BCUT2D eigenvalue weighted by Gasteiger charge is -2.35. The molecule has 3 nitrogen and oxygen atoms in total. The Morgan fingerprint density at radius 3 is 2.67 bits per heavy atom. The number of hydrogen-bond acceptors (Lipinski definition) is 3. The average molecular weight is 286 g/mol. The van der Waals surface area contributed by atoms with E-state index in [1.807, 2.05) is 44.2 Å². The molecule has 0 amide bonds. The van der Waals surface area contributed by atoms with E-state index in [-0.39, 0.29) is 0 Å². The minimum atomic E-state index is -0.672. The van der Waals surface area contributed by atoms with Crippen LogP contribution in [0.5, 0.6) is 0 Å². The highest BCUT2D eigenvalue weighted by molar-refractivity contribution is 5.84. The summed E-state index contributed by atoms with van der Waals surface area (Å²) >= 11 is 0. The molecule has 112 valence electrons. The minimum absolute atomic E-state index is 0.337. The molecule has 2 rings (SSSR count). The maximum atomic E-state index is 11.7. The van der Waals surface area contributed by atoms with E-state index in [1.165, 1.54) is 6.08 Å². The van der Waals surface area contributed by atoms with Gasteiger partial charge < -0.3 is 9.84 Å². The third-order valence-corrected chi connectivity index (χ3v) is 3.73. The van der Waals surface area contributed by atoms with Crippen LogP contribution < -0.4 is 0 Å². The maximum Gasteiger partial charge on any atom is 0.330 e. The molecule has 1 aliphatic rings. The van der Waals surface area contributed by atoms with E-state index in [1.54, 1.807) is 6.92 Å².